The highest BCUT2D eigenvalue weighted by Crippen LogP contribution is 2.16. The maximum Gasteiger partial charge on any atom is 0.127 e. The van der Waals surface area contributed by atoms with E-state index >= 15 is 0 Å². The molecular weight excluding hydrogens is 139 g/mol. The topological polar surface area (TPSA) is 0 Å². The molecule has 0 nitrogen and oxygen atoms in total. The Morgan fingerprint density at radius 3 is 2.18 bits per heavy atom. The largest absolute Gasteiger partial charge is 0.242 e. The fraction of sp³-hybridized carbons (Fsp3) is 0.400. The second kappa shape index (κ2) is 4.89. The van der Waals surface area contributed by atoms with E-state index in [0.29, 0.717) is 5.57 Å². The molecule has 0 aliphatic carbocycles. The van der Waals surface area contributed by atoms with Crippen LogP contribution in [0.25, 0.3) is 0 Å². The predicted molar refractivity (Wildman–Crippen MR) is 48.2 cm³/mol. The SMILES string of the molecule is C=C/C=C(\C=C)C(F)C(C)C. The predicted octanol–water partition coefficient (Wildman–Crippen LogP) is 3.28. The minimum absolute atomic E-state index is 0.000741. The molecular formula is C10H15F. The van der Waals surface area contributed by atoms with E-state index in [4.69, 9.17) is 0 Å². The molecule has 0 rings (SSSR count). The summed E-state index contributed by atoms with van der Waals surface area (Å²) in [6.07, 6.45) is 3.83. The lowest BCUT2D eigenvalue weighted by molar-refractivity contribution is 0.303. The standard InChI is InChI=1S/C10H15F/c1-5-7-9(6-2)10(11)8(3)4/h5-8,10H,1-2H2,3-4H3/b9-7+. The molecule has 0 radical (unpaired) electrons. The third-order valence-electron chi connectivity index (χ3n) is 1.45. The van der Waals surface area contributed by atoms with Gasteiger partial charge in [-0.1, -0.05) is 45.2 Å². The lowest BCUT2D eigenvalue weighted by Gasteiger charge is -2.11. The Morgan fingerprint density at radius 2 is 1.91 bits per heavy atom. The molecule has 0 aliphatic rings. The lowest BCUT2D eigenvalue weighted by atomic mass is 10.0. The molecule has 0 fully saturated rings. The first-order valence-electron chi connectivity index (χ1n) is 3.72. The van der Waals surface area contributed by atoms with Crippen molar-refractivity contribution < 1.29 is 4.39 Å². The van der Waals surface area contributed by atoms with Gasteiger partial charge in [0.05, 0.1) is 0 Å². The third-order valence-corrected chi connectivity index (χ3v) is 1.45. The summed E-state index contributed by atoms with van der Waals surface area (Å²) in [5.41, 5.74) is 0.606. The maximum atomic E-state index is 13.2. The molecule has 0 saturated heterocycles. The number of halogens is 1. The van der Waals surface area contributed by atoms with Crippen LogP contribution in [-0.4, -0.2) is 6.17 Å². The molecule has 0 saturated carbocycles. The fourth-order valence-electron chi connectivity index (χ4n) is 0.794. The van der Waals surface area contributed by atoms with Gasteiger partial charge in [0, 0.05) is 0 Å². The van der Waals surface area contributed by atoms with E-state index in [0.717, 1.165) is 0 Å². The smallest absolute Gasteiger partial charge is 0.127 e. The van der Waals surface area contributed by atoms with Gasteiger partial charge in [-0.25, -0.2) is 4.39 Å². The summed E-state index contributed by atoms with van der Waals surface area (Å²) >= 11 is 0. The van der Waals surface area contributed by atoms with Crippen LogP contribution in [-0.2, 0) is 0 Å². The van der Waals surface area contributed by atoms with E-state index in [1.807, 2.05) is 13.8 Å². The van der Waals surface area contributed by atoms with Crippen LogP contribution in [0.2, 0.25) is 0 Å². The van der Waals surface area contributed by atoms with E-state index in [1.165, 1.54) is 6.08 Å². The van der Waals surface area contributed by atoms with Gasteiger partial charge in [0.25, 0.3) is 0 Å². The molecule has 1 atom stereocenters. The van der Waals surface area contributed by atoms with Gasteiger partial charge < -0.3 is 0 Å². The highest BCUT2D eigenvalue weighted by Gasteiger charge is 2.13. The molecule has 0 amide bonds. The maximum absolute atomic E-state index is 13.2. The zero-order valence-electron chi connectivity index (χ0n) is 7.18. The Labute approximate surface area is 68.1 Å². The van der Waals surface area contributed by atoms with Gasteiger partial charge in [0.2, 0.25) is 0 Å². The Morgan fingerprint density at radius 1 is 1.36 bits per heavy atom. The van der Waals surface area contributed by atoms with Crippen molar-refractivity contribution in [2.24, 2.45) is 5.92 Å². The van der Waals surface area contributed by atoms with E-state index in [1.54, 1.807) is 12.2 Å². The molecule has 0 N–H and O–H groups in total. The summed E-state index contributed by atoms with van der Waals surface area (Å²) < 4.78 is 13.2. The molecule has 0 bridgehead atoms. The molecule has 0 heterocycles. The van der Waals surface area contributed by atoms with Crippen molar-refractivity contribution in [2.75, 3.05) is 0 Å². The molecule has 0 aromatic carbocycles. The van der Waals surface area contributed by atoms with E-state index in [9.17, 15) is 4.39 Å². The van der Waals surface area contributed by atoms with Crippen LogP contribution < -0.4 is 0 Å². The summed E-state index contributed by atoms with van der Waals surface area (Å²) in [4.78, 5) is 0. The van der Waals surface area contributed by atoms with Crippen LogP contribution in [0.4, 0.5) is 4.39 Å². The monoisotopic (exact) mass is 154 g/mol. The minimum atomic E-state index is -0.925. The van der Waals surface area contributed by atoms with Gasteiger partial charge in [-0.15, -0.1) is 0 Å². The van der Waals surface area contributed by atoms with Crippen molar-refractivity contribution in [3.05, 3.63) is 37.0 Å². The Balaban J connectivity index is 4.37. The number of allylic oxidation sites excluding steroid dienone is 4. The normalized spacial score (nSPS) is 14.7. The summed E-state index contributed by atoms with van der Waals surface area (Å²) in [5.74, 6) is -0.000741. The molecule has 11 heavy (non-hydrogen) atoms. The highest BCUT2D eigenvalue weighted by atomic mass is 19.1. The summed E-state index contributed by atoms with van der Waals surface area (Å²) in [7, 11) is 0. The number of rotatable bonds is 4. The summed E-state index contributed by atoms with van der Waals surface area (Å²) in [5, 5.41) is 0. The minimum Gasteiger partial charge on any atom is -0.242 e. The second-order valence-corrected chi connectivity index (χ2v) is 2.75. The van der Waals surface area contributed by atoms with E-state index < -0.39 is 6.17 Å². The first kappa shape index (κ1) is 10.2. The Bertz CT molecular complexity index is 166. The van der Waals surface area contributed by atoms with Crippen LogP contribution in [0.5, 0.6) is 0 Å². The zero-order chi connectivity index (χ0) is 8.85. The van der Waals surface area contributed by atoms with Gasteiger partial charge in [-0.3, -0.25) is 0 Å². The number of hydrogen-bond acceptors (Lipinski definition) is 0. The summed E-state index contributed by atoms with van der Waals surface area (Å²) in [6, 6.07) is 0. The highest BCUT2D eigenvalue weighted by molar-refractivity contribution is 5.25. The quantitative estimate of drug-likeness (QED) is 0.545. The van der Waals surface area contributed by atoms with Crippen LogP contribution >= 0.6 is 0 Å². The van der Waals surface area contributed by atoms with Crippen molar-refractivity contribution in [3.63, 3.8) is 0 Å². The molecule has 0 aliphatic heterocycles. The summed E-state index contributed by atoms with van der Waals surface area (Å²) in [6.45, 7) is 10.7. The molecule has 1 heteroatoms. The Kier molecular flexibility index (Phi) is 4.51. The average Bonchev–Trinajstić information content (AvgIpc) is 1.98. The zero-order valence-corrected chi connectivity index (χ0v) is 7.18. The van der Waals surface area contributed by atoms with E-state index in [2.05, 4.69) is 13.2 Å². The molecule has 0 aromatic rings. The van der Waals surface area contributed by atoms with Crippen LogP contribution in [0.1, 0.15) is 13.8 Å². The molecule has 0 spiro atoms. The molecule has 0 aromatic heterocycles. The lowest BCUT2D eigenvalue weighted by Crippen LogP contribution is -2.10. The first-order chi connectivity index (χ1) is 5.13. The van der Waals surface area contributed by atoms with Crippen LogP contribution in [0.15, 0.2) is 37.0 Å². The van der Waals surface area contributed by atoms with Gasteiger partial charge >= 0.3 is 0 Å². The number of alkyl halides is 1. The second-order valence-electron chi connectivity index (χ2n) is 2.75. The average molecular weight is 154 g/mol. The number of hydrogen-bond donors (Lipinski definition) is 0. The van der Waals surface area contributed by atoms with Gasteiger partial charge in [-0.05, 0) is 11.5 Å². The van der Waals surface area contributed by atoms with E-state index in [-0.39, 0.29) is 5.92 Å². The van der Waals surface area contributed by atoms with Gasteiger partial charge in [0.1, 0.15) is 6.17 Å². The van der Waals surface area contributed by atoms with Crippen molar-refractivity contribution >= 4 is 0 Å². The van der Waals surface area contributed by atoms with Crippen molar-refractivity contribution in [1.29, 1.82) is 0 Å². The van der Waals surface area contributed by atoms with Gasteiger partial charge in [-0.2, -0.15) is 0 Å². The first-order valence-corrected chi connectivity index (χ1v) is 3.72. The third kappa shape index (κ3) is 3.17. The fourth-order valence-corrected chi connectivity index (χ4v) is 0.794. The molecule has 1 unspecified atom stereocenters. The van der Waals surface area contributed by atoms with Gasteiger partial charge in [0.15, 0.2) is 0 Å². The van der Waals surface area contributed by atoms with Crippen molar-refractivity contribution in [2.45, 2.75) is 20.0 Å². The Hall–Kier alpha value is -0.850. The van der Waals surface area contributed by atoms with Crippen LogP contribution in [0.3, 0.4) is 0 Å². The van der Waals surface area contributed by atoms with Crippen molar-refractivity contribution in [3.8, 4) is 0 Å². The van der Waals surface area contributed by atoms with Crippen LogP contribution in [0, 0.1) is 5.92 Å². The van der Waals surface area contributed by atoms with Crippen molar-refractivity contribution in [1.82, 2.24) is 0 Å². The molecule has 62 valence electrons.